The quantitative estimate of drug-likeness (QED) is 0.871. The second kappa shape index (κ2) is 6.83. The van der Waals surface area contributed by atoms with Gasteiger partial charge in [0.25, 0.3) is 10.0 Å². The Kier molecular flexibility index (Phi) is 4.78. The fourth-order valence-corrected chi connectivity index (χ4v) is 3.83. The van der Waals surface area contributed by atoms with Gasteiger partial charge in [0.05, 0.1) is 4.90 Å². The van der Waals surface area contributed by atoms with Crippen LogP contribution >= 0.6 is 11.6 Å². The molecule has 2 aromatic rings. The molecule has 0 atom stereocenters. The van der Waals surface area contributed by atoms with Crippen molar-refractivity contribution in [2.24, 2.45) is 0 Å². The maximum absolute atomic E-state index is 12.4. The summed E-state index contributed by atoms with van der Waals surface area (Å²) in [5.41, 5.74) is 2.69. The molecule has 0 aliphatic heterocycles. The summed E-state index contributed by atoms with van der Waals surface area (Å²) in [5, 5.41) is 3.00. The summed E-state index contributed by atoms with van der Waals surface area (Å²) in [4.78, 5) is 12.0. The molecule has 0 saturated carbocycles. The molecule has 2 aromatic carbocycles. The zero-order chi connectivity index (χ0) is 17.2. The number of fused-ring (bicyclic) bond motifs is 1. The monoisotopic (exact) mass is 364 g/mol. The summed E-state index contributed by atoms with van der Waals surface area (Å²) in [6, 6.07) is 10.6. The number of carbonyl (C=O) groups is 1. The lowest BCUT2D eigenvalue weighted by Crippen LogP contribution is -2.34. The molecule has 0 saturated heterocycles. The van der Waals surface area contributed by atoms with Gasteiger partial charge in [-0.05, 0) is 73.2 Å². The minimum atomic E-state index is -3.91. The van der Waals surface area contributed by atoms with Gasteiger partial charge in [-0.2, -0.15) is 0 Å². The van der Waals surface area contributed by atoms with E-state index in [1.54, 1.807) is 36.4 Å². The number of hydrogen-bond donors (Lipinski definition) is 2. The van der Waals surface area contributed by atoms with Crippen LogP contribution in [0.25, 0.3) is 0 Å². The third kappa shape index (κ3) is 3.88. The zero-order valence-corrected chi connectivity index (χ0v) is 14.5. The van der Waals surface area contributed by atoms with Gasteiger partial charge in [0.2, 0.25) is 0 Å². The highest BCUT2D eigenvalue weighted by Crippen LogP contribution is 2.24. The first-order valence-corrected chi connectivity index (χ1v) is 9.51. The van der Waals surface area contributed by atoms with Crippen LogP contribution in [0.5, 0.6) is 0 Å². The molecule has 0 heterocycles. The minimum absolute atomic E-state index is 0.106. The van der Waals surface area contributed by atoms with Gasteiger partial charge in [-0.25, -0.2) is 17.9 Å². The van der Waals surface area contributed by atoms with Gasteiger partial charge < -0.3 is 5.32 Å². The first-order chi connectivity index (χ1) is 11.4. The van der Waals surface area contributed by atoms with E-state index in [9.17, 15) is 13.2 Å². The molecule has 0 bridgehead atoms. The Hall–Kier alpha value is -2.05. The number of benzene rings is 2. The van der Waals surface area contributed by atoms with Gasteiger partial charge in [-0.1, -0.05) is 17.7 Å². The van der Waals surface area contributed by atoms with Crippen molar-refractivity contribution in [2.75, 3.05) is 5.32 Å². The summed E-state index contributed by atoms with van der Waals surface area (Å²) in [5.74, 6) is 0. The Morgan fingerprint density at radius 3 is 2.33 bits per heavy atom. The Balaban J connectivity index is 1.73. The van der Waals surface area contributed by atoms with Crippen molar-refractivity contribution in [3.05, 3.63) is 58.6 Å². The van der Waals surface area contributed by atoms with Crippen LogP contribution in [0.2, 0.25) is 5.02 Å². The second-order valence-corrected chi connectivity index (χ2v) is 7.82. The molecule has 1 aliphatic carbocycles. The first-order valence-electron chi connectivity index (χ1n) is 7.65. The van der Waals surface area contributed by atoms with E-state index >= 15 is 0 Å². The van der Waals surface area contributed by atoms with Gasteiger partial charge in [-0.3, -0.25) is 0 Å². The maximum Gasteiger partial charge on any atom is 0.333 e. The minimum Gasteiger partial charge on any atom is -0.307 e. The molecule has 126 valence electrons. The number of sulfonamides is 1. The van der Waals surface area contributed by atoms with Crippen LogP contribution in [0.15, 0.2) is 47.4 Å². The van der Waals surface area contributed by atoms with Crippen LogP contribution < -0.4 is 10.0 Å². The van der Waals surface area contributed by atoms with Crippen LogP contribution in [-0.4, -0.2) is 14.4 Å². The molecule has 0 aromatic heterocycles. The van der Waals surface area contributed by atoms with Crippen molar-refractivity contribution >= 4 is 33.3 Å². The van der Waals surface area contributed by atoms with E-state index in [-0.39, 0.29) is 4.90 Å². The normalized spacial score (nSPS) is 13.9. The first kappa shape index (κ1) is 16.8. The zero-order valence-electron chi connectivity index (χ0n) is 12.9. The van der Waals surface area contributed by atoms with Gasteiger partial charge >= 0.3 is 6.03 Å². The third-order valence-corrected chi connectivity index (χ3v) is 5.54. The Morgan fingerprint density at radius 2 is 1.62 bits per heavy atom. The van der Waals surface area contributed by atoms with E-state index < -0.39 is 16.1 Å². The average Bonchev–Trinajstić information content (AvgIpc) is 2.56. The number of amides is 2. The molecule has 2 amide bonds. The lowest BCUT2D eigenvalue weighted by atomic mass is 9.92. The van der Waals surface area contributed by atoms with Crippen LogP contribution in [0.4, 0.5) is 10.5 Å². The molecule has 0 spiro atoms. The van der Waals surface area contributed by atoms with Crippen molar-refractivity contribution in [2.45, 2.75) is 30.6 Å². The summed E-state index contributed by atoms with van der Waals surface area (Å²) in [6.45, 7) is 0. The fraction of sp³-hybridized carbons (Fsp3) is 0.235. The van der Waals surface area contributed by atoms with Gasteiger partial charge in [-0.15, -0.1) is 0 Å². The van der Waals surface area contributed by atoms with Crippen LogP contribution in [-0.2, 0) is 22.9 Å². The molecule has 3 rings (SSSR count). The third-order valence-electron chi connectivity index (χ3n) is 3.96. The summed E-state index contributed by atoms with van der Waals surface area (Å²) in [7, 11) is -3.91. The van der Waals surface area contributed by atoms with Gasteiger partial charge in [0, 0.05) is 10.7 Å². The van der Waals surface area contributed by atoms with Crippen molar-refractivity contribution in [3.63, 3.8) is 0 Å². The van der Waals surface area contributed by atoms with Gasteiger partial charge in [0.15, 0.2) is 0 Å². The fourth-order valence-electron chi connectivity index (χ4n) is 2.75. The lowest BCUT2D eigenvalue weighted by Gasteiger charge is -2.16. The number of anilines is 1. The summed E-state index contributed by atoms with van der Waals surface area (Å²) < 4.78 is 26.8. The molecule has 0 radical (unpaired) electrons. The number of carbonyl (C=O) groups excluding carboxylic acids is 1. The number of rotatable bonds is 3. The Labute approximate surface area is 146 Å². The SMILES string of the molecule is O=C(Nc1ccc(Cl)cc1)NS(=O)(=O)c1ccc2c(c1)CCCC2. The van der Waals surface area contributed by atoms with E-state index in [1.807, 2.05) is 10.8 Å². The highest BCUT2D eigenvalue weighted by atomic mass is 35.5. The van der Waals surface area contributed by atoms with Crippen molar-refractivity contribution in [1.82, 2.24) is 4.72 Å². The molecule has 2 N–H and O–H groups in total. The van der Waals surface area contributed by atoms with E-state index in [0.717, 1.165) is 31.2 Å². The molecular formula is C17H17ClN2O3S. The molecular weight excluding hydrogens is 348 g/mol. The van der Waals surface area contributed by atoms with Crippen molar-refractivity contribution in [1.29, 1.82) is 0 Å². The largest absolute Gasteiger partial charge is 0.333 e. The van der Waals surface area contributed by atoms with Crippen molar-refractivity contribution in [3.8, 4) is 0 Å². The summed E-state index contributed by atoms with van der Waals surface area (Å²) in [6.07, 6.45) is 4.03. The van der Waals surface area contributed by atoms with Crippen molar-refractivity contribution < 1.29 is 13.2 Å². The highest BCUT2D eigenvalue weighted by Gasteiger charge is 2.20. The predicted molar refractivity (Wildman–Crippen MR) is 93.9 cm³/mol. The maximum atomic E-state index is 12.4. The van der Waals surface area contributed by atoms with E-state index in [1.165, 1.54) is 5.56 Å². The number of aryl methyl sites for hydroxylation is 2. The number of halogens is 1. The smallest absolute Gasteiger partial charge is 0.307 e. The highest BCUT2D eigenvalue weighted by molar-refractivity contribution is 7.90. The average molecular weight is 365 g/mol. The number of urea groups is 1. The second-order valence-electron chi connectivity index (χ2n) is 5.70. The summed E-state index contributed by atoms with van der Waals surface area (Å²) >= 11 is 5.77. The predicted octanol–water partition coefficient (Wildman–Crippen LogP) is 3.73. The lowest BCUT2D eigenvalue weighted by molar-refractivity contribution is 0.256. The van der Waals surface area contributed by atoms with Crippen LogP contribution in [0.3, 0.4) is 0 Å². The van der Waals surface area contributed by atoms with E-state index in [4.69, 9.17) is 11.6 Å². The van der Waals surface area contributed by atoms with E-state index in [2.05, 4.69) is 5.32 Å². The van der Waals surface area contributed by atoms with E-state index in [0.29, 0.717) is 10.7 Å². The number of hydrogen-bond acceptors (Lipinski definition) is 3. The standard InChI is InChI=1S/C17H17ClN2O3S/c18-14-6-8-15(9-7-14)19-17(21)20-24(22,23)16-10-5-12-3-1-2-4-13(12)11-16/h5-11H,1-4H2,(H2,19,20,21). The number of nitrogens with one attached hydrogen (secondary N) is 2. The van der Waals surface area contributed by atoms with Gasteiger partial charge in [0.1, 0.15) is 0 Å². The molecule has 0 fully saturated rings. The topological polar surface area (TPSA) is 75.3 Å². The molecule has 7 heteroatoms. The molecule has 0 unspecified atom stereocenters. The van der Waals surface area contributed by atoms with Crippen LogP contribution in [0.1, 0.15) is 24.0 Å². The Morgan fingerprint density at radius 1 is 0.958 bits per heavy atom. The molecule has 1 aliphatic rings. The Bertz CT molecular complexity index is 864. The molecule has 5 nitrogen and oxygen atoms in total. The molecule has 24 heavy (non-hydrogen) atoms. The van der Waals surface area contributed by atoms with Crippen LogP contribution in [0, 0.1) is 0 Å².